The minimum absolute atomic E-state index is 0.0439. The van der Waals surface area contributed by atoms with Gasteiger partial charge in [0.2, 0.25) is 5.91 Å². The average molecular weight is 504 g/mol. The van der Waals surface area contributed by atoms with Crippen LogP contribution < -0.4 is 10.2 Å². The summed E-state index contributed by atoms with van der Waals surface area (Å²) in [6, 6.07) is 16.9. The number of aliphatic carboxylic acids is 1. The van der Waals surface area contributed by atoms with Gasteiger partial charge in [-0.15, -0.1) is 0 Å². The summed E-state index contributed by atoms with van der Waals surface area (Å²) < 4.78 is 33.9. The van der Waals surface area contributed by atoms with Gasteiger partial charge in [0, 0.05) is 44.5 Å². The van der Waals surface area contributed by atoms with E-state index in [-0.39, 0.29) is 11.9 Å². The maximum Gasteiger partial charge on any atom is 0.490 e. The molecule has 11 heteroatoms. The number of nitrogens with one attached hydrogen (secondary N) is 1. The van der Waals surface area contributed by atoms with Gasteiger partial charge in [0.25, 0.3) is 0 Å². The Bertz CT molecular complexity index is 1240. The number of fused-ring (bicyclic) bond motifs is 1. The van der Waals surface area contributed by atoms with Crippen LogP contribution in [0.2, 0.25) is 0 Å². The third kappa shape index (κ3) is 5.62. The van der Waals surface area contributed by atoms with Crippen LogP contribution in [0, 0.1) is 0 Å². The molecule has 1 aromatic heterocycles. The molecule has 0 saturated carbocycles. The van der Waals surface area contributed by atoms with Crippen molar-refractivity contribution < 1.29 is 27.9 Å². The van der Waals surface area contributed by atoms with Gasteiger partial charge in [0.15, 0.2) is 0 Å². The van der Waals surface area contributed by atoms with Gasteiger partial charge in [0.1, 0.15) is 5.82 Å². The molecular weight excluding hydrogens is 475 g/mol. The third-order valence-electron chi connectivity index (χ3n) is 6.43. The lowest BCUT2D eigenvalue weighted by atomic mass is 10.1. The van der Waals surface area contributed by atoms with Gasteiger partial charge in [-0.25, -0.2) is 9.78 Å². The van der Waals surface area contributed by atoms with Gasteiger partial charge >= 0.3 is 12.1 Å². The second kappa shape index (κ2) is 10.6. The molecule has 0 radical (unpaired) electrons. The zero-order valence-electron chi connectivity index (χ0n) is 19.8. The first-order valence-corrected chi connectivity index (χ1v) is 11.7. The number of alkyl halides is 3. The SMILES string of the molecule is Cn1c(-c2cccc(N3CCCN(C(=O)[C@@H]4CCN4)CC3)c2)nc2ccccc21.O=C(O)C(F)(F)F. The standard InChI is InChI=1S/C23H27N5O.C2HF3O2/c1-26-21-9-3-2-8-19(21)25-22(26)17-6-4-7-18(16-17)27-12-5-13-28(15-14-27)23(29)20-10-11-24-20;3-2(4,5)1(6)7/h2-4,6-9,16,20,24H,5,10-15H2,1H3;(H,6,7)/t20-;/m0./s1. The zero-order valence-corrected chi connectivity index (χ0v) is 19.8. The van der Waals surface area contributed by atoms with Crippen LogP contribution in [0.1, 0.15) is 12.8 Å². The first kappa shape index (κ1) is 25.5. The number of para-hydroxylation sites is 2. The summed E-state index contributed by atoms with van der Waals surface area (Å²) in [4.78, 5) is 30.7. The van der Waals surface area contributed by atoms with E-state index in [1.807, 2.05) is 17.0 Å². The molecule has 2 fully saturated rings. The molecule has 1 amide bonds. The summed E-state index contributed by atoms with van der Waals surface area (Å²) in [7, 11) is 2.07. The molecule has 1 atom stereocenters. The summed E-state index contributed by atoms with van der Waals surface area (Å²) in [6.07, 6.45) is -3.12. The molecule has 2 saturated heterocycles. The smallest absolute Gasteiger partial charge is 0.475 e. The van der Waals surface area contributed by atoms with Crippen LogP contribution in [-0.4, -0.2) is 76.4 Å². The topological polar surface area (TPSA) is 90.7 Å². The van der Waals surface area contributed by atoms with Crippen molar-refractivity contribution in [3.05, 3.63) is 48.5 Å². The lowest BCUT2D eigenvalue weighted by Gasteiger charge is -2.32. The zero-order chi connectivity index (χ0) is 25.9. The molecule has 0 unspecified atom stereocenters. The molecule has 2 aliphatic heterocycles. The molecule has 3 aromatic rings. The monoisotopic (exact) mass is 503 g/mol. The van der Waals surface area contributed by atoms with E-state index in [4.69, 9.17) is 14.9 Å². The molecule has 0 bridgehead atoms. The molecule has 2 N–H and O–H groups in total. The van der Waals surface area contributed by atoms with Crippen molar-refractivity contribution in [1.82, 2.24) is 19.8 Å². The molecule has 2 aliphatic rings. The highest BCUT2D eigenvalue weighted by atomic mass is 19.4. The van der Waals surface area contributed by atoms with Gasteiger partial charge in [-0.2, -0.15) is 13.2 Å². The van der Waals surface area contributed by atoms with Crippen molar-refractivity contribution in [3.8, 4) is 11.4 Å². The number of carboxylic acid groups (broad SMARTS) is 1. The lowest BCUT2D eigenvalue weighted by molar-refractivity contribution is -0.192. The summed E-state index contributed by atoms with van der Waals surface area (Å²) >= 11 is 0. The van der Waals surface area contributed by atoms with Crippen LogP contribution in [0.15, 0.2) is 48.5 Å². The molecule has 8 nitrogen and oxygen atoms in total. The van der Waals surface area contributed by atoms with Crippen LogP contribution in [0.5, 0.6) is 0 Å². The number of anilines is 1. The first-order valence-electron chi connectivity index (χ1n) is 11.7. The molecule has 2 aromatic carbocycles. The Hall–Kier alpha value is -3.60. The number of benzene rings is 2. The van der Waals surface area contributed by atoms with Crippen molar-refractivity contribution in [1.29, 1.82) is 0 Å². The minimum atomic E-state index is -5.08. The highest BCUT2D eigenvalue weighted by Gasteiger charge is 2.38. The summed E-state index contributed by atoms with van der Waals surface area (Å²) in [5, 5.41) is 10.4. The van der Waals surface area contributed by atoms with Crippen LogP contribution in [0.25, 0.3) is 22.4 Å². The predicted molar refractivity (Wildman–Crippen MR) is 130 cm³/mol. The fraction of sp³-hybridized carbons (Fsp3) is 0.400. The molecule has 192 valence electrons. The number of hydrogen-bond acceptors (Lipinski definition) is 5. The molecule has 0 spiro atoms. The number of aromatic nitrogens is 2. The Kier molecular flexibility index (Phi) is 7.48. The quantitative estimate of drug-likeness (QED) is 0.570. The number of imidazole rings is 1. The second-order valence-corrected chi connectivity index (χ2v) is 8.80. The van der Waals surface area contributed by atoms with Gasteiger partial charge in [0.05, 0.1) is 17.1 Å². The predicted octanol–water partition coefficient (Wildman–Crippen LogP) is 3.27. The first-order chi connectivity index (χ1) is 17.1. The number of carboxylic acids is 1. The Labute approximate surface area is 206 Å². The van der Waals surface area contributed by atoms with E-state index in [1.54, 1.807) is 0 Å². The van der Waals surface area contributed by atoms with Crippen LogP contribution >= 0.6 is 0 Å². The summed E-state index contributed by atoms with van der Waals surface area (Å²) in [6.45, 7) is 4.43. The van der Waals surface area contributed by atoms with E-state index in [2.05, 4.69) is 58.2 Å². The number of rotatable bonds is 3. The Morgan fingerprint density at radius 2 is 1.78 bits per heavy atom. The van der Waals surface area contributed by atoms with E-state index in [0.29, 0.717) is 0 Å². The van der Waals surface area contributed by atoms with E-state index in [9.17, 15) is 18.0 Å². The van der Waals surface area contributed by atoms with Crippen molar-refractivity contribution in [2.75, 3.05) is 37.6 Å². The number of amides is 1. The number of halogens is 3. The number of hydrogen-bond donors (Lipinski definition) is 2. The second-order valence-electron chi connectivity index (χ2n) is 8.80. The third-order valence-corrected chi connectivity index (χ3v) is 6.43. The Balaban J connectivity index is 0.000000384. The fourth-order valence-corrected chi connectivity index (χ4v) is 4.36. The summed E-state index contributed by atoms with van der Waals surface area (Å²) in [5.74, 6) is -1.50. The van der Waals surface area contributed by atoms with Crippen molar-refractivity contribution in [2.45, 2.75) is 25.1 Å². The number of nitrogens with zero attached hydrogens (tertiary/aromatic N) is 4. The van der Waals surface area contributed by atoms with Crippen LogP contribution in [0.4, 0.5) is 18.9 Å². The van der Waals surface area contributed by atoms with Crippen molar-refractivity contribution in [3.63, 3.8) is 0 Å². The molecule has 36 heavy (non-hydrogen) atoms. The van der Waals surface area contributed by atoms with Crippen molar-refractivity contribution in [2.24, 2.45) is 7.05 Å². The molecule has 3 heterocycles. The van der Waals surface area contributed by atoms with E-state index in [0.717, 1.165) is 68.0 Å². The summed E-state index contributed by atoms with van der Waals surface area (Å²) in [5.41, 5.74) is 4.48. The van der Waals surface area contributed by atoms with E-state index in [1.165, 1.54) is 5.69 Å². The number of carbonyl (C=O) groups is 2. The Morgan fingerprint density at radius 3 is 2.42 bits per heavy atom. The van der Waals surface area contributed by atoms with E-state index >= 15 is 0 Å². The number of aryl methyl sites for hydroxylation is 1. The van der Waals surface area contributed by atoms with E-state index < -0.39 is 12.1 Å². The Morgan fingerprint density at radius 1 is 1.06 bits per heavy atom. The largest absolute Gasteiger partial charge is 0.490 e. The van der Waals surface area contributed by atoms with Gasteiger partial charge in [-0.05, 0) is 43.7 Å². The number of carbonyl (C=O) groups excluding carboxylic acids is 1. The molecular formula is C25H28F3N5O3. The van der Waals surface area contributed by atoms with Crippen molar-refractivity contribution >= 4 is 28.6 Å². The van der Waals surface area contributed by atoms with Crippen LogP contribution in [0.3, 0.4) is 0 Å². The van der Waals surface area contributed by atoms with Gasteiger partial charge in [-0.3, -0.25) is 4.79 Å². The average Bonchev–Trinajstić information content (AvgIpc) is 2.98. The lowest BCUT2D eigenvalue weighted by Crippen LogP contribution is -2.55. The highest BCUT2D eigenvalue weighted by Crippen LogP contribution is 2.27. The van der Waals surface area contributed by atoms with Gasteiger partial charge < -0.3 is 24.8 Å². The van der Waals surface area contributed by atoms with Gasteiger partial charge in [-0.1, -0.05) is 24.3 Å². The maximum atomic E-state index is 12.6. The maximum absolute atomic E-state index is 12.6. The van der Waals surface area contributed by atoms with Crippen LogP contribution in [-0.2, 0) is 16.6 Å². The normalized spacial score (nSPS) is 18.2. The molecule has 0 aliphatic carbocycles. The highest BCUT2D eigenvalue weighted by molar-refractivity contribution is 5.83. The minimum Gasteiger partial charge on any atom is -0.475 e. The molecule has 5 rings (SSSR count). The fourth-order valence-electron chi connectivity index (χ4n) is 4.36.